The van der Waals surface area contributed by atoms with Crippen LogP contribution in [0.1, 0.15) is 18.4 Å². The highest BCUT2D eigenvalue weighted by Crippen LogP contribution is 2.36. The van der Waals surface area contributed by atoms with E-state index in [0.29, 0.717) is 12.1 Å². The molecule has 90 valence electrons. The first kappa shape index (κ1) is 11.4. The predicted molar refractivity (Wildman–Crippen MR) is 59.7 cm³/mol. The largest absolute Gasteiger partial charge is 0.508 e. The Kier molecular flexibility index (Phi) is 2.75. The molecule has 1 aromatic rings. The minimum atomic E-state index is -0.954. The molecule has 0 bridgehead atoms. The van der Waals surface area contributed by atoms with E-state index in [4.69, 9.17) is 5.11 Å². The molecule has 2 rings (SSSR count). The van der Waals surface area contributed by atoms with Crippen molar-refractivity contribution in [2.24, 2.45) is 0 Å². The highest BCUT2D eigenvalue weighted by Gasteiger charge is 2.41. The molecule has 0 radical (unpaired) electrons. The van der Waals surface area contributed by atoms with Crippen LogP contribution in [0.3, 0.4) is 0 Å². The summed E-state index contributed by atoms with van der Waals surface area (Å²) in [5.41, 5.74) is -0.0694. The van der Waals surface area contributed by atoms with E-state index in [1.54, 1.807) is 12.1 Å². The number of nitrogens with one attached hydrogen (secondary N) is 1. The highest BCUT2D eigenvalue weighted by atomic mass is 16.4. The van der Waals surface area contributed by atoms with E-state index in [2.05, 4.69) is 5.32 Å². The number of amides is 1. The molecule has 1 heterocycles. The Labute approximate surface area is 98.1 Å². The molecular weight excluding hydrogens is 222 g/mol. The molecule has 5 nitrogen and oxygen atoms in total. The Morgan fingerprint density at radius 1 is 1.47 bits per heavy atom. The van der Waals surface area contributed by atoms with Crippen LogP contribution < -0.4 is 5.32 Å². The summed E-state index contributed by atoms with van der Waals surface area (Å²) in [7, 11) is 0. The maximum atomic E-state index is 11.3. The summed E-state index contributed by atoms with van der Waals surface area (Å²) in [5.74, 6) is -1.04. The van der Waals surface area contributed by atoms with E-state index < -0.39 is 11.4 Å². The summed E-state index contributed by atoms with van der Waals surface area (Å²) in [6.07, 6.45) is 0.0119. The van der Waals surface area contributed by atoms with E-state index in [1.807, 2.05) is 0 Å². The molecule has 1 aliphatic rings. The summed E-state index contributed by atoms with van der Waals surface area (Å²) in [6.45, 7) is 0.293. The van der Waals surface area contributed by atoms with Crippen molar-refractivity contribution in [3.05, 3.63) is 29.8 Å². The Morgan fingerprint density at radius 3 is 2.76 bits per heavy atom. The molecule has 1 atom stereocenters. The number of aromatic hydroxyl groups is 1. The molecule has 0 saturated carbocycles. The van der Waals surface area contributed by atoms with Crippen LogP contribution in [-0.4, -0.2) is 28.6 Å². The lowest BCUT2D eigenvalue weighted by molar-refractivity contribution is -0.138. The summed E-state index contributed by atoms with van der Waals surface area (Å²) >= 11 is 0. The first-order valence-electron chi connectivity index (χ1n) is 5.30. The summed E-state index contributed by atoms with van der Waals surface area (Å²) in [5, 5.41) is 21.0. The van der Waals surface area contributed by atoms with Gasteiger partial charge in [0, 0.05) is 18.4 Å². The van der Waals surface area contributed by atoms with Crippen LogP contribution in [0.2, 0.25) is 0 Å². The topological polar surface area (TPSA) is 86.6 Å². The number of carboxylic acids is 1. The Morgan fingerprint density at radius 2 is 2.24 bits per heavy atom. The third kappa shape index (κ3) is 2.22. The minimum Gasteiger partial charge on any atom is -0.508 e. The van der Waals surface area contributed by atoms with Gasteiger partial charge in [0.2, 0.25) is 5.91 Å². The summed E-state index contributed by atoms with van der Waals surface area (Å²) in [6, 6.07) is 6.42. The molecule has 0 aromatic heterocycles. The number of rotatable bonds is 3. The number of phenols is 1. The van der Waals surface area contributed by atoms with Gasteiger partial charge < -0.3 is 15.5 Å². The third-order valence-corrected chi connectivity index (χ3v) is 3.07. The number of carbonyl (C=O) groups excluding carboxylic acids is 1. The van der Waals surface area contributed by atoms with Gasteiger partial charge in [-0.15, -0.1) is 0 Å². The Hall–Kier alpha value is -2.04. The van der Waals surface area contributed by atoms with Crippen LogP contribution in [0.15, 0.2) is 24.3 Å². The van der Waals surface area contributed by atoms with E-state index in [9.17, 15) is 14.7 Å². The van der Waals surface area contributed by atoms with Crippen LogP contribution >= 0.6 is 0 Å². The molecule has 0 aliphatic carbocycles. The van der Waals surface area contributed by atoms with Crippen molar-refractivity contribution in [2.75, 3.05) is 6.54 Å². The normalized spacial score (nSPS) is 23.4. The zero-order valence-corrected chi connectivity index (χ0v) is 9.14. The van der Waals surface area contributed by atoms with Crippen molar-refractivity contribution >= 4 is 11.9 Å². The van der Waals surface area contributed by atoms with E-state index in [-0.39, 0.29) is 24.5 Å². The van der Waals surface area contributed by atoms with E-state index >= 15 is 0 Å². The van der Waals surface area contributed by atoms with E-state index in [1.165, 1.54) is 12.1 Å². The number of benzene rings is 1. The second-order valence-corrected chi connectivity index (χ2v) is 4.35. The van der Waals surface area contributed by atoms with Gasteiger partial charge in [-0.2, -0.15) is 0 Å². The van der Waals surface area contributed by atoms with Crippen LogP contribution in [0.25, 0.3) is 0 Å². The monoisotopic (exact) mass is 235 g/mol. The van der Waals surface area contributed by atoms with Crippen molar-refractivity contribution in [1.29, 1.82) is 0 Å². The van der Waals surface area contributed by atoms with Crippen molar-refractivity contribution in [2.45, 2.75) is 18.3 Å². The maximum absolute atomic E-state index is 11.3. The van der Waals surface area contributed by atoms with Gasteiger partial charge in [-0.05, 0) is 17.7 Å². The number of carbonyl (C=O) groups is 2. The summed E-state index contributed by atoms with van der Waals surface area (Å²) in [4.78, 5) is 22.3. The third-order valence-electron chi connectivity index (χ3n) is 3.07. The molecule has 17 heavy (non-hydrogen) atoms. The Balaban J connectivity index is 2.40. The minimum absolute atomic E-state index is 0.0756. The SMILES string of the molecule is O=C(O)CC1(c2cccc(O)c2)CNC(=O)C1. The number of phenolic OH excluding ortho intramolecular Hbond substituents is 1. The zero-order chi connectivity index (χ0) is 12.5. The number of hydrogen-bond donors (Lipinski definition) is 3. The van der Waals surface area contributed by atoms with Gasteiger partial charge in [0.1, 0.15) is 5.75 Å². The molecule has 1 amide bonds. The molecule has 0 spiro atoms. The molecule has 3 N–H and O–H groups in total. The smallest absolute Gasteiger partial charge is 0.304 e. The molecule has 1 fully saturated rings. The maximum Gasteiger partial charge on any atom is 0.304 e. The van der Waals surface area contributed by atoms with Gasteiger partial charge >= 0.3 is 5.97 Å². The van der Waals surface area contributed by atoms with Gasteiger partial charge in [-0.25, -0.2) is 0 Å². The van der Waals surface area contributed by atoms with Gasteiger partial charge in [0.25, 0.3) is 0 Å². The number of carboxylic acid groups (broad SMARTS) is 1. The molecule has 1 aromatic carbocycles. The lowest BCUT2D eigenvalue weighted by Gasteiger charge is -2.25. The van der Waals surface area contributed by atoms with Crippen LogP contribution in [0.5, 0.6) is 5.75 Å². The fourth-order valence-electron chi connectivity index (χ4n) is 2.26. The average Bonchev–Trinajstić information content (AvgIpc) is 2.60. The number of aliphatic carboxylic acids is 1. The van der Waals surface area contributed by atoms with Crippen molar-refractivity contribution in [3.63, 3.8) is 0 Å². The number of hydrogen-bond acceptors (Lipinski definition) is 3. The first-order valence-corrected chi connectivity index (χ1v) is 5.30. The second kappa shape index (κ2) is 4.08. The van der Waals surface area contributed by atoms with Crippen LogP contribution in [-0.2, 0) is 15.0 Å². The second-order valence-electron chi connectivity index (χ2n) is 4.35. The Bertz CT molecular complexity index is 471. The van der Waals surface area contributed by atoms with Crippen molar-refractivity contribution in [1.82, 2.24) is 5.32 Å². The molecule has 1 unspecified atom stereocenters. The first-order chi connectivity index (χ1) is 8.02. The van der Waals surface area contributed by atoms with Crippen LogP contribution in [0, 0.1) is 0 Å². The lowest BCUT2D eigenvalue weighted by Crippen LogP contribution is -2.31. The molecular formula is C12H13NO4. The highest BCUT2D eigenvalue weighted by molar-refractivity contribution is 5.83. The summed E-state index contributed by atoms with van der Waals surface area (Å²) < 4.78 is 0. The standard InChI is InChI=1S/C12H13NO4/c14-9-3-1-2-8(4-9)12(6-11(16)17)5-10(15)13-7-12/h1-4,14H,5-7H2,(H,13,15)(H,16,17). The van der Waals surface area contributed by atoms with Crippen LogP contribution in [0.4, 0.5) is 0 Å². The quantitative estimate of drug-likeness (QED) is 0.717. The van der Waals surface area contributed by atoms with Gasteiger partial charge in [0.15, 0.2) is 0 Å². The zero-order valence-electron chi connectivity index (χ0n) is 9.14. The van der Waals surface area contributed by atoms with Crippen molar-refractivity contribution in [3.8, 4) is 5.75 Å². The average molecular weight is 235 g/mol. The molecule has 5 heteroatoms. The van der Waals surface area contributed by atoms with Gasteiger partial charge in [-0.3, -0.25) is 9.59 Å². The fourth-order valence-corrected chi connectivity index (χ4v) is 2.26. The molecule has 1 aliphatic heterocycles. The van der Waals surface area contributed by atoms with Gasteiger partial charge in [-0.1, -0.05) is 12.1 Å². The molecule has 1 saturated heterocycles. The van der Waals surface area contributed by atoms with Gasteiger partial charge in [0.05, 0.1) is 6.42 Å². The van der Waals surface area contributed by atoms with Crippen molar-refractivity contribution < 1.29 is 19.8 Å². The lowest BCUT2D eigenvalue weighted by atomic mass is 9.77. The van der Waals surface area contributed by atoms with E-state index in [0.717, 1.165) is 0 Å². The predicted octanol–water partition coefficient (Wildman–Crippen LogP) is 0.625. The fraction of sp³-hybridized carbons (Fsp3) is 0.333.